The van der Waals surface area contributed by atoms with Gasteiger partial charge in [0, 0.05) is 11.4 Å². The fourth-order valence-electron chi connectivity index (χ4n) is 1.24. The van der Waals surface area contributed by atoms with Crippen LogP contribution in [-0.4, -0.2) is 23.9 Å². The van der Waals surface area contributed by atoms with Gasteiger partial charge in [-0.05, 0) is 6.92 Å². The van der Waals surface area contributed by atoms with Crippen LogP contribution in [0.25, 0.3) is 0 Å². The van der Waals surface area contributed by atoms with Gasteiger partial charge in [0.05, 0.1) is 12.3 Å². The monoisotopic (exact) mass is 343 g/mol. The lowest BCUT2D eigenvalue weighted by Crippen LogP contribution is -2.24. The minimum atomic E-state index is -4.99. The van der Waals surface area contributed by atoms with Crippen LogP contribution >= 0.6 is 15.9 Å². The molecule has 19 heavy (non-hydrogen) atoms. The van der Waals surface area contributed by atoms with Gasteiger partial charge >= 0.3 is 12.3 Å². The summed E-state index contributed by atoms with van der Waals surface area (Å²) in [7, 11) is 0. The van der Waals surface area contributed by atoms with E-state index < -0.39 is 23.5 Å². The number of alkyl halides is 4. The number of carbonyl (C=O) groups is 1. The van der Waals surface area contributed by atoms with Gasteiger partial charge < -0.3 is 14.5 Å². The molecule has 0 aliphatic heterocycles. The number of esters is 1. The predicted octanol–water partition coefficient (Wildman–Crippen LogP) is 2.35. The molecule has 0 atom stereocenters. The van der Waals surface area contributed by atoms with Gasteiger partial charge in [-0.3, -0.25) is 4.79 Å². The van der Waals surface area contributed by atoms with Crippen molar-refractivity contribution < 1.29 is 27.4 Å². The molecule has 1 rings (SSSR count). The Morgan fingerprint density at radius 3 is 2.58 bits per heavy atom. The Labute approximate surface area is 113 Å². The molecule has 106 valence electrons. The third-order valence-corrected chi connectivity index (χ3v) is 2.47. The first-order chi connectivity index (χ1) is 8.78. The maximum Gasteiger partial charge on any atom is 0.573 e. The minimum absolute atomic E-state index is 0.0747. The van der Waals surface area contributed by atoms with Gasteiger partial charge in [-0.2, -0.15) is 0 Å². The molecule has 0 saturated heterocycles. The van der Waals surface area contributed by atoms with E-state index in [0.717, 1.165) is 0 Å². The second-order valence-electron chi connectivity index (χ2n) is 3.26. The van der Waals surface area contributed by atoms with E-state index in [0.29, 0.717) is 6.07 Å². The van der Waals surface area contributed by atoms with Crippen LogP contribution in [0.1, 0.15) is 23.1 Å². The maximum absolute atomic E-state index is 12.1. The molecule has 0 amide bonds. The topological polar surface area (TPSA) is 68.4 Å². The summed E-state index contributed by atoms with van der Waals surface area (Å²) in [5.74, 6) is -1.74. The summed E-state index contributed by atoms with van der Waals surface area (Å²) in [4.78, 5) is 25.3. The van der Waals surface area contributed by atoms with E-state index in [1.54, 1.807) is 6.92 Å². The highest BCUT2D eigenvalue weighted by Gasteiger charge is 2.33. The number of aromatic amines is 1. The number of pyridine rings is 1. The summed E-state index contributed by atoms with van der Waals surface area (Å²) in [5.41, 5.74) is -1.50. The molecule has 1 heterocycles. The van der Waals surface area contributed by atoms with Crippen molar-refractivity contribution in [2.24, 2.45) is 0 Å². The predicted molar refractivity (Wildman–Crippen MR) is 62.3 cm³/mol. The molecule has 0 aromatic carbocycles. The second kappa shape index (κ2) is 6.09. The SMILES string of the molecule is CCOC(=O)c1cc(=O)c(OC(F)(F)F)c(CBr)[nH]1. The highest BCUT2D eigenvalue weighted by molar-refractivity contribution is 9.08. The molecule has 1 N–H and O–H groups in total. The standard InChI is InChI=1S/C10H9BrF3NO4/c1-2-18-9(17)5-3-7(16)8(6(4-11)15-5)19-10(12,13)14/h3H,2,4H2,1H3,(H,15,16). The van der Waals surface area contributed by atoms with Crippen LogP contribution in [-0.2, 0) is 10.1 Å². The molecule has 0 unspecified atom stereocenters. The van der Waals surface area contributed by atoms with E-state index in [4.69, 9.17) is 0 Å². The molecule has 1 aromatic heterocycles. The number of hydrogen-bond donors (Lipinski definition) is 1. The number of halogens is 4. The lowest BCUT2D eigenvalue weighted by molar-refractivity contribution is -0.275. The van der Waals surface area contributed by atoms with Crippen molar-refractivity contribution in [1.82, 2.24) is 4.98 Å². The van der Waals surface area contributed by atoms with Crippen molar-refractivity contribution in [3.63, 3.8) is 0 Å². The summed E-state index contributed by atoms with van der Waals surface area (Å²) < 4.78 is 44.7. The van der Waals surface area contributed by atoms with Crippen molar-refractivity contribution in [1.29, 1.82) is 0 Å². The normalized spacial score (nSPS) is 11.2. The summed E-state index contributed by atoms with van der Waals surface area (Å²) in [6, 6.07) is 0.700. The number of H-pyrrole nitrogens is 1. The Morgan fingerprint density at radius 2 is 2.11 bits per heavy atom. The van der Waals surface area contributed by atoms with Gasteiger partial charge in [0.1, 0.15) is 5.69 Å². The van der Waals surface area contributed by atoms with Crippen LogP contribution in [0.4, 0.5) is 13.2 Å². The van der Waals surface area contributed by atoms with E-state index in [1.165, 1.54) is 0 Å². The van der Waals surface area contributed by atoms with E-state index in [2.05, 4.69) is 30.4 Å². The van der Waals surface area contributed by atoms with Gasteiger partial charge in [0.25, 0.3) is 0 Å². The lowest BCUT2D eigenvalue weighted by atomic mass is 10.3. The van der Waals surface area contributed by atoms with E-state index in [1.807, 2.05) is 0 Å². The van der Waals surface area contributed by atoms with Gasteiger partial charge in [0.2, 0.25) is 5.43 Å². The summed E-state index contributed by atoms with van der Waals surface area (Å²) in [6.45, 7) is 1.63. The third-order valence-electron chi connectivity index (χ3n) is 1.91. The molecule has 0 spiro atoms. The number of carbonyl (C=O) groups excluding carboxylic acids is 1. The van der Waals surface area contributed by atoms with Crippen molar-refractivity contribution in [2.75, 3.05) is 6.61 Å². The second-order valence-corrected chi connectivity index (χ2v) is 3.82. The Bertz CT molecular complexity index is 526. The number of rotatable bonds is 4. The molecular formula is C10H9BrF3NO4. The zero-order valence-electron chi connectivity index (χ0n) is 9.64. The molecule has 0 saturated carbocycles. The van der Waals surface area contributed by atoms with Crippen molar-refractivity contribution in [2.45, 2.75) is 18.6 Å². The van der Waals surface area contributed by atoms with Crippen LogP contribution in [0.2, 0.25) is 0 Å². The van der Waals surface area contributed by atoms with Gasteiger partial charge in [0.15, 0.2) is 5.75 Å². The highest BCUT2D eigenvalue weighted by atomic mass is 79.9. The molecule has 9 heteroatoms. The summed E-state index contributed by atoms with van der Waals surface area (Å²) in [5, 5.41) is -0.124. The lowest BCUT2D eigenvalue weighted by Gasteiger charge is -2.12. The number of ether oxygens (including phenoxy) is 2. The van der Waals surface area contributed by atoms with Crippen molar-refractivity contribution >= 4 is 21.9 Å². The van der Waals surface area contributed by atoms with Crippen LogP contribution < -0.4 is 10.2 Å². The van der Waals surface area contributed by atoms with Crippen LogP contribution in [0, 0.1) is 0 Å². The first-order valence-corrected chi connectivity index (χ1v) is 6.15. The summed E-state index contributed by atoms with van der Waals surface area (Å²) in [6.07, 6.45) is -4.99. The van der Waals surface area contributed by atoms with E-state index in [9.17, 15) is 22.8 Å². The minimum Gasteiger partial charge on any atom is -0.461 e. The quantitative estimate of drug-likeness (QED) is 0.673. The zero-order valence-corrected chi connectivity index (χ0v) is 11.2. The maximum atomic E-state index is 12.1. The van der Waals surface area contributed by atoms with E-state index in [-0.39, 0.29) is 23.3 Å². The molecule has 0 fully saturated rings. The zero-order chi connectivity index (χ0) is 14.6. The molecule has 0 aliphatic rings. The average molecular weight is 344 g/mol. The molecule has 1 aromatic rings. The summed E-state index contributed by atoms with van der Waals surface area (Å²) >= 11 is 2.90. The van der Waals surface area contributed by atoms with Crippen molar-refractivity contribution in [3.8, 4) is 5.75 Å². The molecule has 5 nitrogen and oxygen atoms in total. The van der Waals surface area contributed by atoms with Gasteiger partial charge in [-0.1, -0.05) is 15.9 Å². The first kappa shape index (κ1) is 15.5. The Morgan fingerprint density at radius 1 is 1.47 bits per heavy atom. The van der Waals surface area contributed by atoms with Gasteiger partial charge in [-0.25, -0.2) is 4.79 Å². The molecule has 0 bridgehead atoms. The fraction of sp³-hybridized carbons (Fsp3) is 0.400. The van der Waals surface area contributed by atoms with Crippen LogP contribution in [0.15, 0.2) is 10.9 Å². The molecule has 0 aliphatic carbocycles. The number of nitrogens with one attached hydrogen (secondary N) is 1. The fourth-order valence-corrected chi connectivity index (χ4v) is 1.64. The Hall–Kier alpha value is -1.51. The third kappa shape index (κ3) is 4.27. The number of aromatic nitrogens is 1. The first-order valence-electron chi connectivity index (χ1n) is 5.03. The van der Waals surface area contributed by atoms with E-state index >= 15 is 0 Å². The smallest absolute Gasteiger partial charge is 0.461 e. The molecule has 0 radical (unpaired) electrons. The van der Waals surface area contributed by atoms with Crippen molar-refractivity contribution in [3.05, 3.63) is 27.7 Å². The Kier molecular flexibility index (Phi) is 4.98. The van der Waals surface area contributed by atoms with Crippen LogP contribution in [0.3, 0.4) is 0 Å². The van der Waals surface area contributed by atoms with Crippen LogP contribution in [0.5, 0.6) is 5.75 Å². The molecular weight excluding hydrogens is 335 g/mol. The average Bonchev–Trinajstić information content (AvgIpc) is 2.30. The van der Waals surface area contributed by atoms with Gasteiger partial charge in [-0.15, -0.1) is 13.2 Å². The largest absolute Gasteiger partial charge is 0.573 e. The number of hydrogen-bond acceptors (Lipinski definition) is 4. The highest BCUT2D eigenvalue weighted by Crippen LogP contribution is 2.23. The Balaban J connectivity index is 3.22.